The van der Waals surface area contributed by atoms with E-state index in [-0.39, 0.29) is 17.0 Å². The first-order chi connectivity index (χ1) is 15.7. The van der Waals surface area contributed by atoms with Gasteiger partial charge in [0, 0.05) is 11.0 Å². The van der Waals surface area contributed by atoms with Crippen LogP contribution in [0.15, 0.2) is 64.2 Å². The molecule has 0 amide bonds. The Kier molecular flexibility index (Phi) is 6.51. The fraction of sp³-hybridized carbons (Fsp3) is 0.308. The number of aryl methyl sites for hydroxylation is 2. The molecule has 4 aromatic rings. The maximum Gasteiger partial charge on any atom is 0.277 e. The summed E-state index contributed by atoms with van der Waals surface area (Å²) in [5, 5.41) is 13.6. The van der Waals surface area contributed by atoms with E-state index in [1.807, 2.05) is 48.0 Å². The third-order valence-corrected chi connectivity index (χ3v) is 6.11. The van der Waals surface area contributed by atoms with E-state index in [9.17, 15) is 4.79 Å². The summed E-state index contributed by atoms with van der Waals surface area (Å²) >= 11 is 1.25. The number of carbonyl (C=O) groups is 1. The minimum Gasteiger partial charge on any atom is -0.410 e. The zero-order chi connectivity index (χ0) is 23.6. The van der Waals surface area contributed by atoms with Crippen LogP contribution < -0.4 is 0 Å². The maximum absolute atomic E-state index is 12.5. The predicted molar refractivity (Wildman–Crippen MR) is 131 cm³/mol. The summed E-state index contributed by atoms with van der Waals surface area (Å²) in [5.74, 6) is 0.663. The zero-order valence-corrected chi connectivity index (χ0v) is 20.4. The molecule has 0 atom stereocenters. The van der Waals surface area contributed by atoms with Gasteiger partial charge in [-0.2, -0.15) is 5.10 Å². The summed E-state index contributed by atoms with van der Waals surface area (Å²) in [5.41, 5.74) is 5.75. The monoisotopic (exact) mass is 460 g/mol. The number of carbonyl (C=O) groups excluding carboxylic acids is 1. The standard InChI is InChI=1S/C26H28N4O2S/c1-17-9-11-20(12-10-17)22(31)16-33-25-28-27-24(32-25)21-14-23(26(3,4)5)29-30(21)15-19-8-6-7-18(2)13-19/h6-14H,15-16H2,1-5H3. The summed E-state index contributed by atoms with van der Waals surface area (Å²) in [7, 11) is 0. The third kappa shape index (κ3) is 5.60. The van der Waals surface area contributed by atoms with Gasteiger partial charge in [-0.05, 0) is 25.5 Å². The van der Waals surface area contributed by atoms with Crippen molar-refractivity contribution in [1.82, 2.24) is 20.0 Å². The van der Waals surface area contributed by atoms with Gasteiger partial charge in [-0.25, -0.2) is 0 Å². The highest BCUT2D eigenvalue weighted by atomic mass is 32.2. The van der Waals surface area contributed by atoms with E-state index in [1.165, 1.54) is 17.3 Å². The summed E-state index contributed by atoms with van der Waals surface area (Å²) < 4.78 is 7.84. The van der Waals surface area contributed by atoms with E-state index >= 15 is 0 Å². The molecule has 0 bridgehead atoms. The van der Waals surface area contributed by atoms with E-state index in [1.54, 1.807) is 0 Å². The number of aromatic nitrogens is 4. The van der Waals surface area contributed by atoms with Crippen molar-refractivity contribution in [3.63, 3.8) is 0 Å². The second-order valence-corrected chi connectivity index (χ2v) is 10.2. The van der Waals surface area contributed by atoms with Gasteiger partial charge in [0.05, 0.1) is 18.0 Å². The van der Waals surface area contributed by atoms with Crippen LogP contribution in [0.1, 0.15) is 53.5 Å². The molecular weight excluding hydrogens is 432 g/mol. The highest BCUT2D eigenvalue weighted by molar-refractivity contribution is 7.99. The second kappa shape index (κ2) is 9.35. The van der Waals surface area contributed by atoms with Crippen molar-refractivity contribution in [2.24, 2.45) is 0 Å². The number of ketones is 1. The average Bonchev–Trinajstić information content (AvgIpc) is 3.39. The normalized spacial score (nSPS) is 11.7. The molecule has 0 saturated carbocycles. The Morgan fingerprint density at radius 1 is 1.00 bits per heavy atom. The van der Waals surface area contributed by atoms with Crippen LogP contribution in [0.5, 0.6) is 0 Å². The van der Waals surface area contributed by atoms with Crippen molar-refractivity contribution in [2.45, 2.75) is 51.8 Å². The number of Topliss-reactive ketones (excluding diaryl/α,β-unsaturated/α-hetero) is 1. The Balaban J connectivity index is 1.55. The third-order valence-electron chi connectivity index (χ3n) is 5.29. The lowest BCUT2D eigenvalue weighted by Gasteiger charge is -2.14. The van der Waals surface area contributed by atoms with Crippen molar-refractivity contribution in [1.29, 1.82) is 0 Å². The number of thioether (sulfide) groups is 1. The van der Waals surface area contributed by atoms with Gasteiger partial charge in [0.1, 0.15) is 5.69 Å². The minimum absolute atomic E-state index is 0.0271. The van der Waals surface area contributed by atoms with Crippen molar-refractivity contribution >= 4 is 17.5 Å². The van der Waals surface area contributed by atoms with Crippen LogP contribution in [0, 0.1) is 13.8 Å². The molecule has 0 fully saturated rings. The van der Waals surface area contributed by atoms with Gasteiger partial charge in [0.25, 0.3) is 11.1 Å². The molecule has 0 unspecified atom stereocenters. The van der Waals surface area contributed by atoms with Crippen LogP contribution >= 0.6 is 11.8 Å². The van der Waals surface area contributed by atoms with Gasteiger partial charge in [-0.3, -0.25) is 9.48 Å². The van der Waals surface area contributed by atoms with E-state index in [4.69, 9.17) is 9.52 Å². The molecule has 2 aromatic heterocycles. The molecule has 33 heavy (non-hydrogen) atoms. The molecule has 0 radical (unpaired) electrons. The molecule has 2 aromatic carbocycles. The topological polar surface area (TPSA) is 73.8 Å². The van der Waals surface area contributed by atoms with Crippen LogP contribution in [0.2, 0.25) is 0 Å². The van der Waals surface area contributed by atoms with E-state index in [0.29, 0.717) is 23.2 Å². The van der Waals surface area contributed by atoms with Gasteiger partial charge in [0.2, 0.25) is 0 Å². The van der Waals surface area contributed by atoms with Crippen LogP contribution in [0.25, 0.3) is 11.6 Å². The van der Waals surface area contributed by atoms with Crippen LogP contribution in [-0.2, 0) is 12.0 Å². The first-order valence-electron chi connectivity index (χ1n) is 10.9. The van der Waals surface area contributed by atoms with Crippen molar-refractivity contribution in [3.8, 4) is 11.6 Å². The summed E-state index contributed by atoms with van der Waals surface area (Å²) in [6.07, 6.45) is 0. The van der Waals surface area contributed by atoms with E-state index in [0.717, 1.165) is 22.5 Å². The first-order valence-corrected chi connectivity index (χ1v) is 11.9. The molecule has 0 N–H and O–H groups in total. The minimum atomic E-state index is -0.120. The number of nitrogens with zero attached hydrogens (tertiary/aromatic N) is 4. The lowest BCUT2D eigenvalue weighted by molar-refractivity contribution is 0.102. The molecule has 7 heteroatoms. The van der Waals surface area contributed by atoms with Crippen LogP contribution in [0.4, 0.5) is 0 Å². The Morgan fingerprint density at radius 3 is 2.45 bits per heavy atom. The first kappa shape index (κ1) is 23.0. The number of hydrogen-bond donors (Lipinski definition) is 0. The quantitative estimate of drug-likeness (QED) is 0.254. The van der Waals surface area contributed by atoms with Crippen molar-refractivity contribution in [3.05, 3.63) is 82.5 Å². The lowest BCUT2D eigenvalue weighted by atomic mass is 9.92. The smallest absolute Gasteiger partial charge is 0.277 e. The van der Waals surface area contributed by atoms with Gasteiger partial charge in [-0.1, -0.05) is 92.2 Å². The Bertz CT molecular complexity index is 1270. The fourth-order valence-electron chi connectivity index (χ4n) is 3.38. The SMILES string of the molecule is Cc1ccc(C(=O)CSc2nnc(-c3cc(C(C)(C)C)nn3Cc3cccc(C)c3)o2)cc1. The Labute approximate surface area is 198 Å². The zero-order valence-electron chi connectivity index (χ0n) is 19.6. The van der Waals surface area contributed by atoms with Crippen LogP contribution in [0.3, 0.4) is 0 Å². The number of rotatable bonds is 7. The highest BCUT2D eigenvalue weighted by Crippen LogP contribution is 2.29. The molecule has 170 valence electrons. The van der Waals surface area contributed by atoms with Crippen LogP contribution in [-0.4, -0.2) is 31.5 Å². The lowest BCUT2D eigenvalue weighted by Crippen LogP contribution is -2.13. The average molecular weight is 461 g/mol. The van der Waals surface area contributed by atoms with Gasteiger partial charge >= 0.3 is 0 Å². The largest absolute Gasteiger partial charge is 0.410 e. The Morgan fingerprint density at radius 2 is 1.76 bits per heavy atom. The van der Waals surface area contributed by atoms with E-state index in [2.05, 4.69) is 56.1 Å². The molecule has 0 spiro atoms. The molecular formula is C26H28N4O2S. The number of hydrogen-bond acceptors (Lipinski definition) is 6. The number of benzene rings is 2. The van der Waals surface area contributed by atoms with Crippen molar-refractivity contribution < 1.29 is 9.21 Å². The summed E-state index contributed by atoms with van der Waals surface area (Å²) in [6, 6.07) is 17.9. The molecule has 0 saturated heterocycles. The molecule has 2 heterocycles. The molecule has 4 rings (SSSR count). The summed E-state index contributed by atoms with van der Waals surface area (Å²) in [6.45, 7) is 11.1. The van der Waals surface area contributed by atoms with Crippen molar-refractivity contribution in [2.75, 3.05) is 5.75 Å². The van der Waals surface area contributed by atoms with Gasteiger partial charge in [0.15, 0.2) is 5.78 Å². The molecule has 0 aliphatic carbocycles. The van der Waals surface area contributed by atoms with Gasteiger partial charge < -0.3 is 4.42 Å². The second-order valence-electron chi connectivity index (χ2n) is 9.26. The maximum atomic E-state index is 12.5. The predicted octanol–water partition coefficient (Wildman–Crippen LogP) is 5.87. The molecule has 6 nitrogen and oxygen atoms in total. The molecule has 0 aliphatic heterocycles. The summed E-state index contributed by atoms with van der Waals surface area (Å²) in [4.78, 5) is 12.5. The Hall–Kier alpha value is -3.19. The highest BCUT2D eigenvalue weighted by Gasteiger charge is 2.23. The molecule has 0 aliphatic rings. The van der Waals surface area contributed by atoms with E-state index < -0.39 is 0 Å². The fourth-order valence-corrected chi connectivity index (χ4v) is 4.04. The van der Waals surface area contributed by atoms with Gasteiger partial charge in [-0.15, -0.1) is 10.2 Å².